The molecule has 0 bridgehead atoms. The van der Waals surface area contributed by atoms with Gasteiger partial charge in [-0.25, -0.2) is 0 Å². The molecule has 1 N–H and O–H groups in total. The van der Waals surface area contributed by atoms with E-state index in [1.807, 2.05) is 84.3 Å². The van der Waals surface area contributed by atoms with Gasteiger partial charge in [-0.2, -0.15) is 0 Å². The minimum atomic E-state index is -0.991. The smallest absolute Gasteiger partial charge is 0.271 e. The second kappa shape index (κ2) is 9.49. The van der Waals surface area contributed by atoms with Crippen molar-refractivity contribution in [2.75, 3.05) is 0 Å². The highest BCUT2D eigenvalue weighted by molar-refractivity contribution is 6.00. The van der Waals surface area contributed by atoms with Gasteiger partial charge in [0.05, 0.1) is 6.54 Å². The van der Waals surface area contributed by atoms with Crippen LogP contribution in [-0.4, -0.2) is 32.9 Å². The molecule has 1 saturated carbocycles. The van der Waals surface area contributed by atoms with E-state index in [9.17, 15) is 9.59 Å². The molecular formula is C29H33N3O2. The maximum Gasteiger partial charge on any atom is 0.271 e. The Kier molecular flexibility index (Phi) is 6.27. The molecule has 0 unspecified atom stereocenters. The first-order valence-electron chi connectivity index (χ1n) is 12.5. The maximum atomic E-state index is 13.9. The highest BCUT2D eigenvalue weighted by atomic mass is 16.2. The van der Waals surface area contributed by atoms with Gasteiger partial charge < -0.3 is 14.8 Å². The van der Waals surface area contributed by atoms with E-state index in [4.69, 9.17) is 0 Å². The first-order chi connectivity index (χ1) is 16.6. The van der Waals surface area contributed by atoms with Crippen LogP contribution in [0.1, 0.15) is 61.5 Å². The molecule has 5 rings (SSSR count). The molecule has 34 heavy (non-hydrogen) atoms. The van der Waals surface area contributed by atoms with Gasteiger partial charge in [0.2, 0.25) is 5.91 Å². The Hall–Kier alpha value is -3.34. The Balaban J connectivity index is 1.52. The Bertz CT molecular complexity index is 1150. The standard InChI is InChI=1S/C29H33N3O2/c1-29(28(34)30-24-16-10-2-3-11-17-24)21-31-25(23-14-8-5-9-15-23)18-19-26(31)27(33)32(29)20-22-12-6-4-7-13-22/h4-9,12-15,18-19,24H,2-3,10-11,16-17,20-21H2,1H3,(H,30,34)/t29-/m1/s1. The average Bonchev–Trinajstić information content (AvgIpc) is 3.10. The number of rotatable bonds is 5. The van der Waals surface area contributed by atoms with Crippen LogP contribution in [0.15, 0.2) is 72.8 Å². The maximum absolute atomic E-state index is 13.9. The highest BCUT2D eigenvalue weighted by Crippen LogP contribution is 2.34. The zero-order valence-corrected chi connectivity index (χ0v) is 19.9. The summed E-state index contributed by atoms with van der Waals surface area (Å²) in [6.07, 6.45) is 6.78. The number of nitrogens with zero attached hydrogens (tertiary/aromatic N) is 2. The van der Waals surface area contributed by atoms with E-state index in [0.717, 1.165) is 42.5 Å². The molecule has 3 aromatic rings. The summed E-state index contributed by atoms with van der Waals surface area (Å²) < 4.78 is 2.03. The summed E-state index contributed by atoms with van der Waals surface area (Å²) >= 11 is 0. The molecule has 1 fully saturated rings. The van der Waals surface area contributed by atoms with Crippen molar-refractivity contribution in [2.45, 2.75) is 70.1 Å². The summed E-state index contributed by atoms with van der Waals surface area (Å²) in [6.45, 7) is 2.76. The van der Waals surface area contributed by atoms with E-state index < -0.39 is 5.54 Å². The van der Waals surface area contributed by atoms with Crippen molar-refractivity contribution in [2.24, 2.45) is 0 Å². The molecule has 1 aliphatic heterocycles. The first-order valence-corrected chi connectivity index (χ1v) is 12.5. The largest absolute Gasteiger partial charge is 0.351 e. The zero-order chi connectivity index (χ0) is 23.5. The number of carbonyl (C=O) groups is 2. The van der Waals surface area contributed by atoms with Crippen molar-refractivity contribution in [3.05, 3.63) is 84.1 Å². The van der Waals surface area contributed by atoms with Crippen molar-refractivity contribution in [3.63, 3.8) is 0 Å². The molecule has 2 aromatic carbocycles. The summed E-state index contributed by atoms with van der Waals surface area (Å²) in [5, 5.41) is 3.34. The molecule has 2 heterocycles. The monoisotopic (exact) mass is 455 g/mol. The van der Waals surface area contributed by atoms with Gasteiger partial charge in [0.15, 0.2) is 0 Å². The SMILES string of the molecule is C[C@]1(C(=O)NC2CCCCCC2)Cn2c(ccc2-c2ccccc2)C(=O)N1Cc1ccccc1. The van der Waals surface area contributed by atoms with E-state index in [0.29, 0.717) is 18.8 Å². The Morgan fingerprint density at radius 2 is 1.50 bits per heavy atom. The summed E-state index contributed by atoms with van der Waals surface area (Å²) in [5.74, 6) is -0.155. The lowest BCUT2D eigenvalue weighted by Gasteiger charge is -2.45. The van der Waals surface area contributed by atoms with Gasteiger partial charge in [-0.1, -0.05) is 86.3 Å². The normalized spacial score (nSPS) is 21.1. The molecule has 1 atom stereocenters. The lowest BCUT2D eigenvalue weighted by molar-refractivity contribution is -0.134. The van der Waals surface area contributed by atoms with Gasteiger partial charge in [-0.3, -0.25) is 9.59 Å². The summed E-state index contributed by atoms with van der Waals surface area (Å²) in [7, 11) is 0. The third-order valence-electron chi connectivity index (χ3n) is 7.44. The minimum absolute atomic E-state index is 0.0537. The third kappa shape index (κ3) is 4.27. The van der Waals surface area contributed by atoms with E-state index in [-0.39, 0.29) is 17.9 Å². The van der Waals surface area contributed by atoms with Crippen molar-refractivity contribution in [1.82, 2.24) is 14.8 Å². The number of fused-ring (bicyclic) bond motifs is 1. The second-order valence-electron chi connectivity index (χ2n) is 9.87. The van der Waals surface area contributed by atoms with Crippen LogP contribution in [0.25, 0.3) is 11.3 Å². The van der Waals surface area contributed by atoms with Gasteiger partial charge in [0.25, 0.3) is 5.91 Å². The Morgan fingerprint density at radius 1 is 0.882 bits per heavy atom. The van der Waals surface area contributed by atoms with Crippen LogP contribution in [-0.2, 0) is 17.9 Å². The van der Waals surface area contributed by atoms with Crippen molar-refractivity contribution in [3.8, 4) is 11.3 Å². The Labute approximate surface area is 201 Å². The Morgan fingerprint density at radius 3 is 2.18 bits per heavy atom. The summed E-state index contributed by atoms with van der Waals surface area (Å²) in [4.78, 5) is 29.5. The number of amides is 2. The van der Waals surface area contributed by atoms with Crippen LogP contribution in [0.5, 0.6) is 0 Å². The average molecular weight is 456 g/mol. The summed E-state index contributed by atoms with van der Waals surface area (Å²) in [5.41, 5.74) is 2.68. The van der Waals surface area contributed by atoms with E-state index in [1.165, 1.54) is 12.8 Å². The first kappa shape index (κ1) is 22.5. The lowest BCUT2D eigenvalue weighted by Crippen LogP contribution is -2.64. The van der Waals surface area contributed by atoms with Crippen LogP contribution in [0.3, 0.4) is 0 Å². The van der Waals surface area contributed by atoms with Crippen LogP contribution in [0, 0.1) is 0 Å². The lowest BCUT2D eigenvalue weighted by atomic mass is 9.92. The van der Waals surface area contributed by atoms with Crippen molar-refractivity contribution in [1.29, 1.82) is 0 Å². The van der Waals surface area contributed by atoms with Gasteiger partial charge >= 0.3 is 0 Å². The fourth-order valence-corrected chi connectivity index (χ4v) is 5.41. The van der Waals surface area contributed by atoms with Crippen LogP contribution in [0.4, 0.5) is 0 Å². The topological polar surface area (TPSA) is 54.3 Å². The number of nitrogens with one attached hydrogen (secondary N) is 1. The van der Waals surface area contributed by atoms with Gasteiger partial charge in [0.1, 0.15) is 11.2 Å². The van der Waals surface area contributed by atoms with Crippen LogP contribution < -0.4 is 5.32 Å². The predicted molar refractivity (Wildman–Crippen MR) is 134 cm³/mol. The molecule has 2 aliphatic rings. The number of hydrogen-bond acceptors (Lipinski definition) is 2. The fourth-order valence-electron chi connectivity index (χ4n) is 5.41. The van der Waals surface area contributed by atoms with E-state index in [1.54, 1.807) is 4.90 Å². The molecule has 0 spiro atoms. The highest BCUT2D eigenvalue weighted by Gasteiger charge is 2.48. The predicted octanol–water partition coefficient (Wildman–Crippen LogP) is 5.41. The molecule has 5 nitrogen and oxygen atoms in total. The second-order valence-corrected chi connectivity index (χ2v) is 9.87. The number of benzene rings is 2. The number of carbonyl (C=O) groups excluding carboxylic acids is 2. The van der Waals surface area contributed by atoms with Crippen molar-refractivity contribution < 1.29 is 9.59 Å². The number of hydrogen-bond donors (Lipinski definition) is 1. The van der Waals surface area contributed by atoms with Crippen molar-refractivity contribution >= 4 is 11.8 Å². The molecule has 1 aliphatic carbocycles. The van der Waals surface area contributed by atoms with Crippen LogP contribution in [0.2, 0.25) is 0 Å². The van der Waals surface area contributed by atoms with Gasteiger partial charge in [0, 0.05) is 18.3 Å². The molecule has 0 saturated heterocycles. The van der Waals surface area contributed by atoms with Gasteiger partial charge in [-0.15, -0.1) is 0 Å². The zero-order valence-electron chi connectivity index (χ0n) is 19.9. The molecular weight excluding hydrogens is 422 g/mol. The summed E-state index contributed by atoms with van der Waals surface area (Å²) in [6, 6.07) is 24.1. The van der Waals surface area contributed by atoms with E-state index >= 15 is 0 Å². The molecule has 176 valence electrons. The van der Waals surface area contributed by atoms with Crippen LogP contribution >= 0.6 is 0 Å². The minimum Gasteiger partial charge on any atom is -0.351 e. The van der Waals surface area contributed by atoms with E-state index in [2.05, 4.69) is 5.32 Å². The molecule has 5 heteroatoms. The molecule has 2 amide bonds. The fraction of sp³-hybridized carbons (Fsp3) is 0.379. The number of aromatic nitrogens is 1. The quantitative estimate of drug-likeness (QED) is 0.523. The molecule has 1 aromatic heterocycles. The van der Waals surface area contributed by atoms with Gasteiger partial charge in [-0.05, 0) is 43.0 Å². The third-order valence-corrected chi connectivity index (χ3v) is 7.44. The molecule has 0 radical (unpaired) electrons.